The Morgan fingerprint density at radius 3 is 2.24 bits per heavy atom. The third-order valence-corrected chi connectivity index (χ3v) is 7.44. The number of fused-ring (bicyclic) bond motifs is 3. The second-order valence-electron chi connectivity index (χ2n) is 8.91. The number of carbonyl (C=O) groups is 2. The number of amides is 2. The lowest BCUT2D eigenvalue weighted by Crippen LogP contribution is -2.47. The second kappa shape index (κ2) is 11.4. The van der Waals surface area contributed by atoms with Gasteiger partial charge >= 0.3 is 6.18 Å². The van der Waals surface area contributed by atoms with E-state index in [0.717, 1.165) is 40.8 Å². The van der Waals surface area contributed by atoms with Crippen LogP contribution in [0.15, 0.2) is 59.9 Å². The average Bonchev–Trinajstić information content (AvgIpc) is 3.46. The third kappa shape index (κ3) is 5.84. The van der Waals surface area contributed by atoms with Crippen LogP contribution in [0.4, 0.5) is 13.2 Å². The van der Waals surface area contributed by atoms with E-state index in [9.17, 15) is 22.8 Å². The minimum Gasteiger partial charge on any atom is -0.351 e. The van der Waals surface area contributed by atoms with Crippen LogP contribution in [0.25, 0.3) is 11.1 Å². The molecule has 37 heavy (non-hydrogen) atoms. The van der Waals surface area contributed by atoms with Crippen molar-refractivity contribution in [3.05, 3.63) is 71.5 Å². The number of benzene rings is 2. The SMILES string of the molecule is CCNC(=O)c1cnc(SCCCCCC2(C(=O)NCC(F)(F)F)c3ccccc3-c3ccccc32)[nH]1. The van der Waals surface area contributed by atoms with Crippen LogP contribution >= 0.6 is 11.8 Å². The number of imidazole rings is 1. The number of alkyl halides is 3. The molecule has 0 atom stereocenters. The first-order valence-corrected chi connectivity index (χ1v) is 13.3. The van der Waals surface area contributed by atoms with Crippen molar-refractivity contribution < 1.29 is 22.8 Å². The Balaban J connectivity index is 1.44. The van der Waals surface area contributed by atoms with E-state index < -0.39 is 24.0 Å². The molecule has 10 heteroatoms. The van der Waals surface area contributed by atoms with Gasteiger partial charge in [0, 0.05) is 12.3 Å². The number of rotatable bonds is 11. The van der Waals surface area contributed by atoms with Crippen molar-refractivity contribution in [2.75, 3.05) is 18.8 Å². The molecule has 1 aromatic heterocycles. The van der Waals surface area contributed by atoms with E-state index in [1.807, 2.05) is 55.5 Å². The van der Waals surface area contributed by atoms with Gasteiger partial charge < -0.3 is 15.6 Å². The number of carbonyl (C=O) groups excluding carboxylic acids is 2. The van der Waals surface area contributed by atoms with Gasteiger partial charge in [0.2, 0.25) is 5.91 Å². The minimum absolute atomic E-state index is 0.201. The Hall–Kier alpha value is -3.27. The highest BCUT2D eigenvalue weighted by Crippen LogP contribution is 2.51. The third-order valence-electron chi connectivity index (χ3n) is 6.47. The van der Waals surface area contributed by atoms with Crippen molar-refractivity contribution >= 4 is 23.6 Å². The van der Waals surface area contributed by atoms with Crippen LogP contribution in [0.3, 0.4) is 0 Å². The monoisotopic (exact) mass is 530 g/mol. The highest BCUT2D eigenvalue weighted by atomic mass is 32.2. The van der Waals surface area contributed by atoms with Gasteiger partial charge in [-0.3, -0.25) is 9.59 Å². The van der Waals surface area contributed by atoms with Gasteiger partial charge in [-0.05, 0) is 42.0 Å². The molecule has 0 aliphatic heterocycles. The number of hydrogen-bond acceptors (Lipinski definition) is 4. The zero-order valence-electron chi connectivity index (χ0n) is 20.5. The lowest BCUT2D eigenvalue weighted by Gasteiger charge is -2.31. The van der Waals surface area contributed by atoms with Crippen LogP contribution in [0, 0.1) is 0 Å². The molecule has 1 aliphatic carbocycles. The molecule has 6 nitrogen and oxygen atoms in total. The molecule has 0 spiro atoms. The quantitative estimate of drug-likeness (QED) is 0.227. The van der Waals surface area contributed by atoms with Crippen LogP contribution in [0.5, 0.6) is 0 Å². The largest absolute Gasteiger partial charge is 0.405 e. The van der Waals surface area contributed by atoms with Gasteiger partial charge in [-0.2, -0.15) is 13.2 Å². The summed E-state index contributed by atoms with van der Waals surface area (Å²) in [5, 5.41) is 5.54. The van der Waals surface area contributed by atoms with Crippen LogP contribution in [-0.4, -0.2) is 46.8 Å². The number of H-pyrrole nitrogens is 1. The van der Waals surface area contributed by atoms with Crippen molar-refractivity contribution in [3.8, 4) is 11.1 Å². The lowest BCUT2D eigenvalue weighted by atomic mass is 9.73. The van der Waals surface area contributed by atoms with Gasteiger partial charge in [0.25, 0.3) is 5.91 Å². The minimum atomic E-state index is -4.49. The number of hydrogen-bond donors (Lipinski definition) is 3. The van der Waals surface area contributed by atoms with Gasteiger partial charge in [-0.25, -0.2) is 4.98 Å². The average molecular weight is 531 g/mol. The summed E-state index contributed by atoms with van der Waals surface area (Å²) in [5.74, 6) is -0.0684. The van der Waals surface area contributed by atoms with Gasteiger partial charge in [0.1, 0.15) is 17.7 Å². The number of nitrogens with zero attached hydrogens (tertiary/aromatic N) is 1. The zero-order valence-corrected chi connectivity index (χ0v) is 21.3. The molecular formula is C27H29F3N4O2S. The van der Waals surface area contributed by atoms with Crippen molar-refractivity contribution in [3.63, 3.8) is 0 Å². The highest BCUT2D eigenvalue weighted by Gasteiger charge is 2.49. The molecule has 0 saturated heterocycles. The number of aromatic amines is 1. The maximum absolute atomic E-state index is 13.5. The van der Waals surface area contributed by atoms with Crippen LogP contribution in [-0.2, 0) is 10.2 Å². The Kier molecular flexibility index (Phi) is 8.26. The van der Waals surface area contributed by atoms with Crippen molar-refractivity contribution in [1.29, 1.82) is 0 Å². The summed E-state index contributed by atoms with van der Waals surface area (Å²) in [6.07, 6.45) is -0.316. The van der Waals surface area contributed by atoms with E-state index in [0.29, 0.717) is 30.2 Å². The molecule has 2 amide bonds. The molecule has 196 valence electrons. The number of unbranched alkanes of at least 4 members (excludes halogenated alkanes) is 2. The Bertz CT molecular complexity index is 1210. The molecule has 0 saturated carbocycles. The molecule has 0 bridgehead atoms. The summed E-state index contributed by atoms with van der Waals surface area (Å²) in [7, 11) is 0. The predicted octanol–water partition coefficient (Wildman–Crippen LogP) is 5.46. The van der Waals surface area contributed by atoms with Crippen LogP contribution in [0.1, 0.15) is 54.2 Å². The van der Waals surface area contributed by atoms with E-state index in [2.05, 4.69) is 20.6 Å². The summed E-state index contributed by atoms with van der Waals surface area (Å²) >= 11 is 1.50. The zero-order chi connectivity index (χ0) is 26.5. The van der Waals surface area contributed by atoms with Crippen molar-refractivity contribution in [1.82, 2.24) is 20.6 Å². The van der Waals surface area contributed by atoms with Crippen molar-refractivity contribution in [2.24, 2.45) is 0 Å². The van der Waals surface area contributed by atoms with E-state index in [4.69, 9.17) is 0 Å². The fourth-order valence-electron chi connectivity index (χ4n) is 4.87. The molecule has 4 rings (SSSR count). The fourth-order valence-corrected chi connectivity index (χ4v) is 5.72. The number of nitrogens with one attached hydrogen (secondary N) is 3. The summed E-state index contributed by atoms with van der Waals surface area (Å²) in [5.41, 5.74) is 2.51. The molecule has 0 fully saturated rings. The molecule has 1 aliphatic rings. The van der Waals surface area contributed by atoms with E-state index in [1.54, 1.807) is 0 Å². The van der Waals surface area contributed by atoms with Crippen LogP contribution < -0.4 is 10.6 Å². The normalized spacial score (nSPS) is 13.6. The first-order chi connectivity index (χ1) is 17.8. The molecule has 2 aromatic carbocycles. The Morgan fingerprint density at radius 1 is 0.973 bits per heavy atom. The van der Waals surface area contributed by atoms with E-state index in [-0.39, 0.29) is 5.91 Å². The van der Waals surface area contributed by atoms with E-state index >= 15 is 0 Å². The maximum atomic E-state index is 13.5. The van der Waals surface area contributed by atoms with Crippen LogP contribution in [0.2, 0.25) is 0 Å². The van der Waals surface area contributed by atoms with Crippen molar-refractivity contribution in [2.45, 2.75) is 49.4 Å². The number of thioether (sulfide) groups is 1. The molecule has 0 unspecified atom stereocenters. The number of aromatic nitrogens is 2. The molecule has 1 heterocycles. The first kappa shape index (κ1) is 26.8. The summed E-state index contributed by atoms with van der Waals surface area (Å²) < 4.78 is 39.0. The second-order valence-corrected chi connectivity index (χ2v) is 10.00. The standard InChI is InChI=1S/C27H29F3N4O2S/c1-2-31-23(35)22-16-32-25(34-22)37-15-9-3-8-14-26(24(36)33-17-27(28,29)30)20-12-6-4-10-18(20)19-11-5-7-13-21(19)26/h4-7,10-13,16H,2-3,8-9,14-15,17H2,1H3,(H,31,35)(H,32,34)(H,33,36). The topological polar surface area (TPSA) is 86.9 Å². The molecule has 3 aromatic rings. The van der Waals surface area contributed by atoms with Gasteiger partial charge in [-0.15, -0.1) is 0 Å². The fraction of sp³-hybridized carbons (Fsp3) is 0.370. The molecule has 3 N–H and O–H groups in total. The van der Waals surface area contributed by atoms with Gasteiger partial charge in [0.05, 0.1) is 6.20 Å². The predicted molar refractivity (Wildman–Crippen MR) is 138 cm³/mol. The molecular weight excluding hydrogens is 501 g/mol. The van der Waals surface area contributed by atoms with Gasteiger partial charge in [0.15, 0.2) is 5.16 Å². The smallest absolute Gasteiger partial charge is 0.351 e. The number of halogens is 3. The lowest BCUT2D eigenvalue weighted by molar-refractivity contribution is -0.141. The Morgan fingerprint density at radius 2 is 1.62 bits per heavy atom. The Labute approximate surface area is 217 Å². The van der Waals surface area contributed by atoms with E-state index in [1.165, 1.54) is 18.0 Å². The summed E-state index contributed by atoms with van der Waals surface area (Å²) in [6.45, 7) is 1.01. The first-order valence-electron chi connectivity index (χ1n) is 12.3. The molecule has 0 radical (unpaired) electrons. The summed E-state index contributed by atoms with van der Waals surface area (Å²) in [4.78, 5) is 32.6. The maximum Gasteiger partial charge on any atom is 0.405 e. The highest BCUT2D eigenvalue weighted by molar-refractivity contribution is 7.99. The summed E-state index contributed by atoms with van der Waals surface area (Å²) in [6, 6.07) is 14.9. The van der Waals surface area contributed by atoms with Gasteiger partial charge in [-0.1, -0.05) is 73.1 Å².